The minimum atomic E-state index is -0.739. The highest BCUT2D eigenvalue weighted by atomic mass is 16.1. The number of rotatable bonds is 3. The Balaban J connectivity index is 2.69. The summed E-state index contributed by atoms with van der Waals surface area (Å²) in [7, 11) is 0. The lowest BCUT2D eigenvalue weighted by atomic mass is 9.79. The van der Waals surface area contributed by atoms with Gasteiger partial charge >= 0.3 is 0 Å². The van der Waals surface area contributed by atoms with Gasteiger partial charge in [0, 0.05) is 23.0 Å². The number of fused-ring (bicyclic) bond motifs is 1. The van der Waals surface area contributed by atoms with Crippen LogP contribution in [0.25, 0.3) is 12.2 Å². The molecule has 1 heterocycles. The summed E-state index contributed by atoms with van der Waals surface area (Å²) in [5.41, 5.74) is -0.196. The largest absolute Gasteiger partial charge is 0.361 e. The number of Topliss-reactive ketones (excluding diaryl/α,β-unsaturated/α-hetero) is 1. The highest BCUT2D eigenvalue weighted by Crippen LogP contribution is 2.28. The summed E-state index contributed by atoms with van der Waals surface area (Å²) in [6.45, 7) is 5.60. The topological polar surface area (TPSA) is 49.9 Å². The van der Waals surface area contributed by atoms with Crippen LogP contribution < -0.4 is 10.6 Å². The number of hydrogen-bond donors (Lipinski definition) is 1. The summed E-state index contributed by atoms with van der Waals surface area (Å²) in [4.78, 5) is 26.5. The third-order valence-electron chi connectivity index (χ3n) is 3.24. The molecule has 1 aliphatic carbocycles. The summed E-state index contributed by atoms with van der Waals surface area (Å²) in [6, 6.07) is 1.90. The van der Waals surface area contributed by atoms with Crippen molar-refractivity contribution in [2.24, 2.45) is 11.3 Å². The van der Waals surface area contributed by atoms with Gasteiger partial charge in [0.1, 0.15) is 12.1 Å². The van der Waals surface area contributed by atoms with Crippen molar-refractivity contribution in [3.05, 3.63) is 34.5 Å². The van der Waals surface area contributed by atoms with Gasteiger partial charge in [-0.25, -0.2) is 0 Å². The molecule has 0 saturated carbocycles. The first-order valence-corrected chi connectivity index (χ1v) is 6.06. The molecule has 1 unspecified atom stereocenters. The van der Waals surface area contributed by atoms with Crippen LogP contribution in [0, 0.1) is 11.3 Å². The van der Waals surface area contributed by atoms with E-state index in [4.69, 9.17) is 0 Å². The standard InChI is InChI=1S/C15H17NO2/c1-10(2)14(18)15(3)7-11(9-17)6-12-4-5-16-13(12)8-15/h4-10,16H,1-3H3. The average molecular weight is 243 g/mol. The maximum atomic E-state index is 12.3. The molecule has 1 N–H and O–H groups in total. The van der Waals surface area contributed by atoms with Crippen LogP contribution in [0.5, 0.6) is 0 Å². The molecule has 18 heavy (non-hydrogen) atoms. The van der Waals surface area contributed by atoms with Gasteiger partial charge in [-0.1, -0.05) is 19.9 Å². The molecule has 1 aliphatic rings. The normalized spacial score (nSPS) is 22.3. The minimum absolute atomic E-state index is 0.0769. The predicted molar refractivity (Wildman–Crippen MR) is 71.1 cm³/mol. The van der Waals surface area contributed by atoms with Crippen LogP contribution in [0.3, 0.4) is 0 Å². The van der Waals surface area contributed by atoms with Crippen molar-refractivity contribution in [1.29, 1.82) is 0 Å². The van der Waals surface area contributed by atoms with Crippen LogP contribution in [0.1, 0.15) is 20.8 Å². The molecule has 3 heteroatoms. The number of aromatic amines is 1. The summed E-state index contributed by atoms with van der Waals surface area (Å²) >= 11 is 0. The fourth-order valence-corrected chi connectivity index (χ4v) is 2.39. The number of aromatic nitrogens is 1. The first kappa shape index (κ1) is 12.6. The molecule has 0 fully saturated rings. The minimum Gasteiger partial charge on any atom is -0.361 e. The van der Waals surface area contributed by atoms with Crippen molar-refractivity contribution in [2.75, 3.05) is 0 Å². The van der Waals surface area contributed by atoms with Gasteiger partial charge < -0.3 is 4.98 Å². The quantitative estimate of drug-likeness (QED) is 0.803. The Bertz CT molecular complexity index is 634. The van der Waals surface area contributed by atoms with Crippen molar-refractivity contribution < 1.29 is 9.59 Å². The number of allylic oxidation sites excluding steroid dienone is 2. The van der Waals surface area contributed by atoms with E-state index in [1.54, 1.807) is 12.2 Å². The molecule has 1 aromatic rings. The van der Waals surface area contributed by atoms with E-state index in [1.165, 1.54) is 0 Å². The molecule has 0 amide bonds. The van der Waals surface area contributed by atoms with E-state index in [9.17, 15) is 9.59 Å². The Labute approximate surface area is 106 Å². The Morgan fingerprint density at radius 2 is 2.11 bits per heavy atom. The number of ketones is 1. The van der Waals surface area contributed by atoms with E-state index >= 15 is 0 Å². The van der Waals surface area contributed by atoms with Crippen LogP contribution >= 0.6 is 0 Å². The summed E-state index contributed by atoms with van der Waals surface area (Å²) in [5.74, 6) is 0.0321. The number of carbonyl (C=O) groups excluding carboxylic acids is 2. The fraction of sp³-hybridized carbons (Fsp3) is 0.333. The third-order valence-corrected chi connectivity index (χ3v) is 3.24. The van der Waals surface area contributed by atoms with Crippen LogP contribution in [0.4, 0.5) is 0 Å². The van der Waals surface area contributed by atoms with Crippen molar-refractivity contribution in [1.82, 2.24) is 4.98 Å². The summed E-state index contributed by atoms with van der Waals surface area (Å²) < 4.78 is 0. The zero-order chi connectivity index (χ0) is 13.3. The van der Waals surface area contributed by atoms with Crippen molar-refractivity contribution in [3.63, 3.8) is 0 Å². The van der Waals surface area contributed by atoms with Gasteiger partial charge in [0.15, 0.2) is 0 Å². The molecule has 0 aliphatic heterocycles. The van der Waals surface area contributed by atoms with Gasteiger partial charge in [0.25, 0.3) is 0 Å². The van der Waals surface area contributed by atoms with Crippen molar-refractivity contribution in [2.45, 2.75) is 20.8 Å². The molecule has 0 spiro atoms. The molecule has 0 saturated heterocycles. The number of aldehydes is 1. The Kier molecular flexibility index (Phi) is 3.07. The number of hydrogen-bond acceptors (Lipinski definition) is 2. The Hall–Kier alpha value is -1.90. The predicted octanol–water partition coefficient (Wildman–Crippen LogP) is 0.946. The first-order chi connectivity index (χ1) is 8.46. The second-order valence-corrected chi connectivity index (χ2v) is 5.20. The summed E-state index contributed by atoms with van der Waals surface area (Å²) in [5, 5.41) is 1.83. The molecular weight excluding hydrogens is 226 g/mol. The van der Waals surface area contributed by atoms with E-state index in [1.807, 2.05) is 39.1 Å². The monoisotopic (exact) mass is 243 g/mol. The van der Waals surface area contributed by atoms with Gasteiger partial charge in [0.2, 0.25) is 0 Å². The molecule has 94 valence electrons. The number of carbonyl (C=O) groups is 2. The van der Waals surface area contributed by atoms with Gasteiger partial charge in [-0.3, -0.25) is 9.59 Å². The van der Waals surface area contributed by atoms with Gasteiger partial charge in [-0.2, -0.15) is 0 Å². The van der Waals surface area contributed by atoms with Crippen LogP contribution in [-0.2, 0) is 9.59 Å². The SMILES string of the molecule is CC(C)C(=O)C1(C)C=C(C=O)C=c2cc[nH]c2=C1. The zero-order valence-corrected chi connectivity index (χ0v) is 10.9. The maximum Gasteiger partial charge on any atom is 0.149 e. The van der Waals surface area contributed by atoms with E-state index in [0.29, 0.717) is 5.57 Å². The van der Waals surface area contributed by atoms with Gasteiger partial charge in [-0.05, 0) is 30.4 Å². The maximum absolute atomic E-state index is 12.3. The van der Waals surface area contributed by atoms with Crippen LogP contribution in [-0.4, -0.2) is 17.1 Å². The van der Waals surface area contributed by atoms with E-state index < -0.39 is 5.41 Å². The average Bonchev–Trinajstić information content (AvgIpc) is 2.68. The fourth-order valence-electron chi connectivity index (χ4n) is 2.39. The highest BCUT2D eigenvalue weighted by Gasteiger charge is 2.31. The third kappa shape index (κ3) is 2.08. The second kappa shape index (κ2) is 4.41. The Morgan fingerprint density at radius 1 is 1.39 bits per heavy atom. The molecule has 0 aromatic carbocycles. The lowest BCUT2D eigenvalue weighted by Crippen LogP contribution is -2.32. The van der Waals surface area contributed by atoms with Crippen LogP contribution in [0.2, 0.25) is 0 Å². The molecule has 0 bridgehead atoms. The van der Waals surface area contributed by atoms with Crippen molar-refractivity contribution in [3.8, 4) is 0 Å². The first-order valence-electron chi connectivity index (χ1n) is 6.06. The molecule has 1 aromatic heterocycles. The smallest absolute Gasteiger partial charge is 0.149 e. The van der Waals surface area contributed by atoms with E-state index in [2.05, 4.69) is 4.98 Å². The lowest BCUT2D eigenvalue weighted by molar-refractivity contribution is -0.126. The Morgan fingerprint density at radius 3 is 2.72 bits per heavy atom. The lowest BCUT2D eigenvalue weighted by Gasteiger charge is -2.22. The molecule has 1 atom stereocenters. The number of H-pyrrole nitrogens is 1. The zero-order valence-electron chi connectivity index (χ0n) is 10.9. The van der Waals surface area contributed by atoms with Gasteiger partial charge in [-0.15, -0.1) is 0 Å². The molecule has 0 radical (unpaired) electrons. The van der Waals surface area contributed by atoms with Crippen LogP contribution in [0.15, 0.2) is 23.9 Å². The van der Waals surface area contributed by atoms with Crippen molar-refractivity contribution >= 4 is 24.2 Å². The van der Waals surface area contributed by atoms with E-state index in [0.717, 1.165) is 16.9 Å². The van der Waals surface area contributed by atoms with Gasteiger partial charge in [0.05, 0.1) is 5.41 Å². The second-order valence-electron chi connectivity index (χ2n) is 5.20. The molecule has 3 nitrogen and oxygen atoms in total. The molecular formula is C15H17NO2. The van der Waals surface area contributed by atoms with E-state index in [-0.39, 0.29) is 11.7 Å². The number of nitrogens with one attached hydrogen (secondary N) is 1. The highest BCUT2D eigenvalue weighted by molar-refractivity contribution is 5.97. The summed E-state index contributed by atoms with van der Waals surface area (Å²) in [6.07, 6.45) is 8.05. The molecule has 2 rings (SSSR count).